The fourth-order valence-electron chi connectivity index (χ4n) is 3.76. The molecule has 2 aliphatic rings. The van der Waals surface area contributed by atoms with E-state index in [2.05, 4.69) is 0 Å². The fraction of sp³-hybridized carbons (Fsp3) is 0.158. The van der Waals surface area contributed by atoms with Gasteiger partial charge < -0.3 is 20.4 Å². The number of hydrogen-bond donors (Lipinski definition) is 4. The van der Waals surface area contributed by atoms with Gasteiger partial charge in [-0.2, -0.15) is 0 Å². The summed E-state index contributed by atoms with van der Waals surface area (Å²) in [6.07, 6.45) is -0.671. The number of carbonyl (C=O) groups is 4. The normalized spacial score (nSPS) is 17.9. The van der Waals surface area contributed by atoms with Crippen molar-refractivity contribution in [2.75, 3.05) is 0 Å². The third-order valence-corrected chi connectivity index (χ3v) is 5.03. The number of phenolic OH excluding ortho intramolecular Hbond substituents is 3. The number of fused-ring (bicyclic) bond motifs is 3. The molecule has 8 nitrogen and oxygen atoms in total. The van der Waals surface area contributed by atoms with Crippen LogP contribution in [0.2, 0.25) is 0 Å². The molecule has 4 N–H and O–H groups in total. The van der Waals surface area contributed by atoms with Crippen molar-refractivity contribution in [2.45, 2.75) is 12.8 Å². The maximum Gasteiger partial charge on any atom is 0.307 e. The SMILES string of the molecule is O=C1CC(C(=O)O)Cc2c(O)c3c(c(O)c21)C(=O)c1c(O)cccc1C3=O. The number of Topliss-reactive ketones (excluding diaryl/α,β-unsaturated/α-hetero) is 1. The summed E-state index contributed by atoms with van der Waals surface area (Å²) in [4.78, 5) is 49.3. The maximum atomic E-state index is 12.8. The van der Waals surface area contributed by atoms with Gasteiger partial charge in [0.1, 0.15) is 17.2 Å². The predicted molar refractivity (Wildman–Crippen MR) is 88.5 cm³/mol. The molecule has 0 radical (unpaired) electrons. The van der Waals surface area contributed by atoms with Gasteiger partial charge in [-0.15, -0.1) is 0 Å². The number of rotatable bonds is 1. The number of carboxylic acid groups (broad SMARTS) is 1. The summed E-state index contributed by atoms with van der Waals surface area (Å²) >= 11 is 0. The van der Waals surface area contributed by atoms with Gasteiger partial charge in [0.05, 0.1) is 28.2 Å². The lowest BCUT2D eigenvalue weighted by Crippen LogP contribution is -2.29. The summed E-state index contributed by atoms with van der Waals surface area (Å²) in [5, 5.41) is 40.3. The van der Waals surface area contributed by atoms with Gasteiger partial charge in [0.2, 0.25) is 5.78 Å². The van der Waals surface area contributed by atoms with E-state index in [4.69, 9.17) is 0 Å². The van der Waals surface area contributed by atoms with Gasteiger partial charge in [0.25, 0.3) is 0 Å². The van der Waals surface area contributed by atoms with Crippen molar-refractivity contribution in [2.24, 2.45) is 5.92 Å². The largest absolute Gasteiger partial charge is 0.507 e. The van der Waals surface area contributed by atoms with E-state index in [9.17, 15) is 39.6 Å². The van der Waals surface area contributed by atoms with Gasteiger partial charge in [0.15, 0.2) is 11.6 Å². The zero-order valence-corrected chi connectivity index (χ0v) is 13.6. The van der Waals surface area contributed by atoms with Crippen LogP contribution in [-0.2, 0) is 11.2 Å². The van der Waals surface area contributed by atoms with Crippen molar-refractivity contribution in [3.8, 4) is 17.2 Å². The Morgan fingerprint density at radius 2 is 1.52 bits per heavy atom. The minimum absolute atomic E-state index is 0.154. The Bertz CT molecular complexity index is 1100. The topological polar surface area (TPSA) is 149 Å². The van der Waals surface area contributed by atoms with E-state index in [1.807, 2.05) is 0 Å². The molecule has 0 aliphatic heterocycles. The third-order valence-electron chi connectivity index (χ3n) is 5.03. The molecular weight excluding hydrogens is 356 g/mol. The molecule has 27 heavy (non-hydrogen) atoms. The van der Waals surface area contributed by atoms with Crippen LogP contribution in [0, 0.1) is 5.92 Å². The number of hydrogen-bond acceptors (Lipinski definition) is 7. The molecule has 2 aromatic carbocycles. The minimum atomic E-state index is -1.25. The molecule has 1 unspecified atom stereocenters. The van der Waals surface area contributed by atoms with Crippen LogP contribution >= 0.6 is 0 Å². The van der Waals surface area contributed by atoms with Crippen LogP contribution in [0.4, 0.5) is 0 Å². The summed E-state index contributed by atoms with van der Waals surface area (Å²) in [6, 6.07) is 3.84. The van der Waals surface area contributed by atoms with Crippen LogP contribution < -0.4 is 0 Å². The Kier molecular flexibility index (Phi) is 3.36. The van der Waals surface area contributed by atoms with Crippen molar-refractivity contribution >= 4 is 23.3 Å². The second kappa shape index (κ2) is 5.41. The van der Waals surface area contributed by atoms with Gasteiger partial charge in [0, 0.05) is 17.5 Å². The smallest absolute Gasteiger partial charge is 0.307 e. The summed E-state index contributed by atoms with van der Waals surface area (Å²) in [6.45, 7) is 0. The van der Waals surface area contributed by atoms with Crippen molar-refractivity contribution in [3.05, 3.63) is 51.6 Å². The van der Waals surface area contributed by atoms with Crippen LogP contribution in [0.15, 0.2) is 18.2 Å². The molecule has 4 rings (SSSR count). The number of phenols is 3. The molecule has 1 atom stereocenters. The van der Waals surface area contributed by atoms with E-state index >= 15 is 0 Å². The summed E-state index contributed by atoms with van der Waals surface area (Å²) in [5.74, 6) is -6.75. The second-order valence-corrected chi connectivity index (χ2v) is 6.53. The quantitative estimate of drug-likeness (QED) is 0.471. The van der Waals surface area contributed by atoms with E-state index in [1.165, 1.54) is 18.2 Å². The lowest BCUT2D eigenvalue weighted by molar-refractivity contribution is -0.141. The first-order valence-corrected chi connectivity index (χ1v) is 8.02. The molecule has 0 aromatic heterocycles. The number of ketones is 3. The summed E-state index contributed by atoms with van der Waals surface area (Å²) < 4.78 is 0. The number of benzene rings is 2. The average Bonchev–Trinajstić information content (AvgIpc) is 2.61. The molecule has 0 amide bonds. The van der Waals surface area contributed by atoms with Crippen LogP contribution in [0.25, 0.3) is 0 Å². The van der Waals surface area contributed by atoms with Gasteiger partial charge in [-0.3, -0.25) is 19.2 Å². The fourth-order valence-corrected chi connectivity index (χ4v) is 3.76. The number of aliphatic carboxylic acids is 1. The molecule has 0 saturated carbocycles. The molecule has 0 spiro atoms. The zero-order chi connectivity index (χ0) is 19.6. The van der Waals surface area contributed by atoms with Gasteiger partial charge >= 0.3 is 5.97 Å². The van der Waals surface area contributed by atoms with Crippen molar-refractivity contribution < 1.29 is 39.6 Å². The van der Waals surface area contributed by atoms with Crippen LogP contribution in [0.5, 0.6) is 17.2 Å². The third kappa shape index (κ3) is 2.10. The molecule has 0 saturated heterocycles. The molecule has 8 heteroatoms. The van der Waals surface area contributed by atoms with Crippen molar-refractivity contribution in [1.29, 1.82) is 0 Å². The first kappa shape index (κ1) is 16.8. The lowest BCUT2D eigenvalue weighted by Gasteiger charge is -2.27. The molecular formula is C19H12O8. The molecule has 0 bridgehead atoms. The molecule has 2 aromatic rings. The van der Waals surface area contributed by atoms with Gasteiger partial charge in [-0.25, -0.2) is 0 Å². The highest BCUT2D eigenvalue weighted by Crippen LogP contribution is 2.47. The first-order valence-electron chi connectivity index (χ1n) is 8.02. The van der Waals surface area contributed by atoms with E-state index in [1.54, 1.807) is 0 Å². The zero-order valence-electron chi connectivity index (χ0n) is 13.6. The predicted octanol–water partition coefficient (Wildman–Crippen LogP) is 1.41. The molecule has 2 aliphatic carbocycles. The van der Waals surface area contributed by atoms with Crippen LogP contribution in [0.1, 0.15) is 54.2 Å². The van der Waals surface area contributed by atoms with Crippen LogP contribution in [0.3, 0.4) is 0 Å². The highest BCUT2D eigenvalue weighted by molar-refractivity contribution is 6.32. The summed E-state index contributed by atoms with van der Waals surface area (Å²) in [7, 11) is 0. The highest BCUT2D eigenvalue weighted by Gasteiger charge is 2.42. The molecule has 0 fully saturated rings. The Balaban J connectivity index is 2.05. The lowest BCUT2D eigenvalue weighted by atomic mass is 9.75. The minimum Gasteiger partial charge on any atom is -0.507 e. The number of carboxylic acids is 1. The monoisotopic (exact) mass is 368 g/mol. The standard InChI is InChI=1S/C19H12O8/c20-9-3-1-2-7-11(9)17(24)14-13(15(7)22)16(23)8-4-6(19(26)27)5-10(21)12(8)18(14)25/h1-3,6,20,23,25H,4-5H2,(H,26,27). The van der Waals surface area contributed by atoms with Crippen LogP contribution in [-0.4, -0.2) is 43.7 Å². The van der Waals surface area contributed by atoms with E-state index < -0.39 is 64.0 Å². The van der Waals surface area contributed by atoms with Gasteiger partial charge in [-0.1, -0.05) is 12.1 Å². The van der Waals surface area contributed by atoms with Gasteiger partial charge in [-0.05, 0) is 12.5 Å². The average molecular weight is 368 g/mol. The molecule has 136 valence electrons. The number of aromatic hydroxyl groups is 3. The Morgan fingerprint density at radius 3 is 2.19 bits per heavy atom. The Hall–Kier alpha value is -3.68. The second-order valence-electron chi connectivity index (χ2n) is 6.53. The van der Waals surface area contributed by atoms with Crippen molar-refractivity contribution in [3.63, 3.8) is 0 Å². The first-order chi connectivity index (χ1) is 12.7. The maximum absolute atomic E-state index is 12.8. The van der Waals surface area contributed by atoms with Crippen molar-refractivity contribution in [1.82, 2.24) is 0 Å². The Labute approximate surface area is 151 Å². The van der Waals surface area contributed by atoms with E-state index in [0.29, 0.717) is 0 Å². The Morgan fingerprint density at radius 1 is 0.852 bits per heavy atom. The highest BCUT2D eigenvalue weighted by atomic mass is 16.4. The summed E-state index contributed by atoms with van der Waals surface area (Å²) in [5.41, 5.74) is -2.06. The van der Waals surface area contributed by atoms with E-state index in [0.717, 1.165) is 0 Å². The molecule has 0 heterocycles. The number of carbonyl (C=O) groups excluding carboxylic acids is 3. The van der Waals surface area contributed by atoms with E-state index in [-0.39, 0.29) is 28.7 Å².